The fraction of sp³-hybridized carbons (Fsp3) is 0.400. The highest BCUT2D eigenvalue weighted by Crippen LogP contribution is 2.28. The molecule has 0 N–H and O–H groups in total. The molecule has 0 heterocycles. The minimum absolute atomic E-state index is 0.106. The molecule has 3 rings (SSSR count). The quantitative estimate of drug-likeness (QED) is 0.490. The van der Waals surface area contributed by atoms with Crippen molar-refractivity contribution in [2.45, 2.75) is 51.4 Å². The van der Waals surface area contributed by atoms with E-state index in [4.69, 9.17) is 0 Å². The first kappa shape index (κ1) is 21.7. The predicted molar refractivity (Wildman–Crippen MR) is 114 cm³/mol. The number of hydrogen-bond donors (Lipinski definition) is 0. The van der Waals surface area contributed by atoms with Crippen LogP contribution in [0.5, 0.6) is 0 Å². The van der Waals surface area contributed by atoms with E-state index < -0.39 is 0 Å². The van der Waals surface area contributed by atoms with Gasteiger partial charge in [-0.15, -0.1) is 0 Å². The van der Waals surface area contributed by atoms with Gasteiger partial charge in [-0.05, 0) is 73.6 Å². The van der Waals surface area contributed by atoms with Gasteiger partial charge in [0.2, 0.25) is 0 Å². The summed E-state index contributed by atoms with van der Waals surface area (Å²) in [4.78, 5) is 26.5. The van der Waals surface area contributed by atoms with Gasteiger partial charge in [0.05, 0.1) is 11.6 Å². The van der Waals surface area contributed by atoms with E-state index in [2.05, 4.69) is 6.07 Å². The molecule has 1 aliphatic carbocycles. The number of halogens is 1. The SMILES string of the molecule is CCN(C[C@@H](CC=O)c1ccc(F)cc1)C(=O)c1cc(C#N)cc2c1CCCCC2. The number of aryl methyl sites for hydroxylation is 1. The molecule has 0 saturated heterocycles. The molecule has 1 atom stereocenters. The van der Waals surface area contributed by atoms with Crippen LogP contribution in [0.15, 0.2) is 36.4 Å². The highest BCUT2D eigenvalue weighted by Gasteiger charge is 2.25. The minimum atomic E-state index is -0.331. The van der Waals surface area contributed by atoms with Gasteiger partial charge in [0, 0.05) is 31.0 Å². The zero-order chi connectivity index (χ0) is 21.5. The Bertz CT molecular complexity index is 947. The zero-order valence-corrected chi connectivity index (χ0v) is 17.4. The number of carbonyl (C=O) groups excluding carboxylic acids is 2. The summed E-state index contributed by atoms with van der Waals surface area (Å²) in [5.41, 5.74) is 4.12. The Morgan fingerprint density at radius 3 is 2.60 bits per heavy atom. The maximum Gasteiger partial charge on any atom is 0.254 e. The highest BCUT2D eigenvalue weighted by molar-refractivity contribution is 5.96. The highest BCUT2D eigenvalue weighted by atomic mass is 19.1. The van der Waals surface area contributed by atoms with Crippen molar-refractivity contribution in [1.29, 1.82) is 5.26 Å². The van der Waals surface area contributed by atoms with Gasteiger partial charge in [-0.3, -0.25) is 4.79 Å². The topological polar surface area (TPSA) is 61.2 Å². The third-order valence-corrected chi connectivity index (χ3v) is 5.91. The number of aldehydes is 1. The summed E-state index contributed by atoms with van der Waals surface area (Å²) in [6.07, 6.45) is 6.05. The predicted octanol–water partition coefficient (Wildman–Crippen LogP) is 4.80. The molecule has 1 amide bonds. The van der Waals surface area contributed by atoms with Crippen LogP contribution < -0.4 is 0 Å². The van der Waals surface area contributed by atoms with Crippen molar-refractivity contribution < 1.29 is 14.0 Å². The van der Waals surface area contributed by atoms with Crippen molar-refractivity contribution in [3.63, 3.8) is 0 Å². The van der Waals surface area contributed by atoms with Crippen molar-refractivity contribution in [1.82, 2.24) is 4.90 Å². The normalized spacial score (nSPS) is 14.2. The molecule has 0 spiro atoms. The number of hydrogen-bond acceptors (Lipinski definition) is 3. The molecule has 30 heavy (non-hydrogen) atoms. The largest absolute Gasteiger partial charge is 0.338 e. The Kier molecular flexibility index (Phi) is 7.35. The maximum atomic E-state index is 13.5. The van der Waals surface area contributed by atoms with Gasteiger partial charge in [0.25, 0.3) is 5.91 Å². The average Bonchev–Trinajstić information content (AvgIpc) is 3.01. The lowest BCUT2D eigenvalue weighted by Crippen LogP contribution is -2.35. The van der Waals surface area contributed by atoms with Gasteiger partial charge in [-0.1, -0.05) is 18.6 Å². The molecule has 0 radical (unpaired) electrons. The van der Waals surface area contributed by atoms with E-state index in [1.807, 2.05) is 13.0 Å². The molecular weight excluding hydrogens is 379 g/mol. The van der Waals surface area contributed by atoms with Crippen LogP contribution in [0.2, 0.25) is 0 Å². The van der Waals surface area contributed by atoms with Crippen molar-refractivity contribution in [3.05, 3.63) is 70.0 Å². The third kappa shape index (κ3) is 4.94. The molecule has 0 aliphatic heterocycles. The molecule has 2 aromatic rings. The molecular formula is C25H27FN2O2. The maximum absolute atomic E-state index is 13.5. The van der Waals surface area contributed by atoms with Gasteiger partial charge in [0.15, 0.2) is 0 Å². The van der Waals surface area contributed by atoms with E-state index in [9.17, 15) is 19.2 Å². The first-order chi connectivity index (χ1) is 14.6. The Labute approximate surface area is 177 Å². The molecule has 4 nitrogen and oxygen atoms in total. The summed E-state index contributed by atoms with van der Waals surface area (Å²) in [5.74, 6) is -0.640. The molecule has 0 aromatic heterocycles. The summed E-state index contributed by atoms with van der Waals surface area (Å²) >= 11 is 0. The Morgan fingerprint density at radius 1 is 1.20 bits per heavy atom. The number of nitriles is 1. The smallest absolute Gasteiger partial charge is 0.254 e. The molecule has 5 heteroatoms. The summed E-state index contributed by atoms with van der Waals surface area (Å²) < 4.78 is 13.3. The minimum Gasteiger partial charge on any atom is -0.338 e. The molecule has 0 fully saturated rings. The third-order valence-electron chi connectivity index (χ3n) is 5.91. The lowest BCUT2D eigenvalue weighted by molar-refractivity contribution is -0.108. The van der Waals surface area contributed by atoms with E-state index >= 15 is 0 Å². The number of carbonyl (C=O) groups is 2. The monoisotopic (exact) mass is 406 g/mol. The molecule has 0 bridgehead atoms. The molecule has 0 unspecified atom stereocenters. The number of rotatable bonds is 7. The molecule has 1 aliphatic rings. The standard InChI is InChI=1S/C25H27FN2O2/c1-2-28(17-21(12-13-29)19-8-10-22(26)11-9-19)25(30)24-15-18(16-27)14-20-6-4-3-5-7-23(20)24/h8-11,13-15,21H,2-7,12,17H2,1H3/t21-/m1/s1. The Balaban J connectivity index is 1.92. The summed E-state index contributed by atoms with van der Waals surface area (Å²) in [5, 5.41) is 9.45. The fourth-order valence-corrected chi connectivity index (χ4v) is 4.26. The summed E-state index contributed by atoms with van der Waals surface area (Å²) in [6, 6.07) is 11.9. The van der Waals surface area contributed by atoms with E-state index in [0.29, 0.717) is 24.2 Å². The second kappa shape index (κ2) is 10.2. The van der Waals surface area contributed by atoms with E-state index in [1.54, 1.807) is 23.1 Å². The van der Waals surface area contributed by atoms with E-state index in [-0.39, 0.29) is 24.1 Å². The molecule has 156 valence electrons. The van der Waals surface area contributed by atoms with E-state index in [1.165, 1.54) is 12.1 Å². The first-order valence-electron chi connectivity index (χ1n) is 10.6. The van der Waals surface area contributed by atoms with Crippen LogP contribution in [0.1, 0.15) is 71.1 Å². The van der Waals surface area contributed by atoms with Crippen LogP contribution >= 0.6 is 0 Å². The van der Waals surface area contributed by atoms with Gasteiger partial charge in [-0.25, -0.2) is 4.39 Å². The number of amides is 1. The average molecular weight is 407 g/mol. The van der Waals surface area contributed by atoms with Gasteiger partial charge in [-0.2, -0.15) is 5.26 Å². The Morgan fingerprint density at radius 2 is 1.93 bits per heavy atom. The van der Waals surface area contributed by atoms with Gasteiger partial charge >= 0.3 is 0 Å². The van der Waals surface area contributed by atoms with Gasteiger partial charge < -0.3 is 9.69 Å². The second-order valence-corrected chi connectivity index (χ2v) is 7.83. The summed E-state index contributed by atoms with van der Waals surface area (Å²) in [6.45, 7) is 2.76. The lowest BCUT2D eigenvalue weighted by Gasteiger charge is -2.27. The van der Waals surface area contributed by atoms with Crippen LogP contribution in [0.4, 0.5) is 4.39 Å². The molecule has 2 aromatic carbocycles. The molecule has 0 saturated carbocycles. The lowest BCUT2D eigenvalue weighted by atomic mass is 9.92. The van der Waals surface area contributed by atoms with Crippen LogP contribution in [0, 0.1) is 17.1 Å². The number of benzene rings is 2. The van der Waals surface area contributed by atoms with Crippen LogP contribution in [-0.4, -0.2) is 30.2 Å². The number of nitrogens with zero attached hydrogens (tertiary/aromatic N) is 2. The van der Waals surface area contributed by atoms with Gasteiger partial charge in [0.1, 0.15) is 12.1 Å². The van der Waals surface area contributed by atoms with Crippen LogP contribution in [0.25, 0.3) is 0 Å². The van der Waals surface area contributed by atoms with Crippen molar-refractivity contribution in [2.24, 2.45) is 0 Å². The van der Waals surface area contributed by atoms with Crippen molar-refractivity contribution in [2.75, 3.05) is 13.1 Å². The number of likely N-dealkylation sites (N-methyl/N-ethyl adjacent to an activating group) is 1. The second-order valence-electron chi connectivity index (χ2n) is 7.83. The summed E-state index contributed by atoms with van der Waals surface area (Å²) in [7, 11) is 0. The van der Waals surface area contributed by atoms with Crippen LogP contribution in [-0.2, 0) is 17.6 Å². The van der Waals surface area contributed by atoms with E-state index in [0.717, 1.165) is 55.1 Å². The fourth-order valence-electron chi connectivity index (χ4n) is 4.26. The first-order valence-corrected chi connectivity index (χ1v) is 10.6. The zero-order valence-electron chi connectivity index (χ0n) is 17.4. The van der Waals surface area contributed by atoms with Crippen LogP contribution in [0.3, 0.4) is 0 Å². The van der Waals surface area contributed by atoms with Crippen molar-refractivity contribution >= 4 is 12.2 Å². The van der Waals surface area contributed by atoms with Crippen molar-refractivity contribution in [3.8, 4) is 6.07 Å². The Hall–Kier alpha value is -3.00. The number of fused-ring (bicyclic) bond motifs is 1.